The van der Waals surface area contributed by atoms with Crippen LogP contribution in [-0.4, -0.2) is 48.0 Å². The summed E-state index contributed by atoms with van der Waals surface area (Å²) in [4.78, 5) is 30.2. The summed E-state index contributed by atoms with van der Waals surface area (Å²) in [6.45, 7) is 7.92. The van der Waals surface area contributed by atoms with Crippen molar-refractivity contribution in [2.24, 2.45) is 4.99 Å². The monoisotopic (exact) mass is 393 g/mol. The molecule has 0 spiro atoms. The number of benzene rings is 1. The standard InChI is InChI=1S/C19H28ClN5O2/c1-4-19(3)16(26)25(18(27)24-19)12-6-11-22-17(21-5-2)23-13-14-7-9-15(20)10-8-14/h7-10H,4-6,11-13H2,1-3H3,(H,24,27)(H2,21,22,23). The molecule has 1 atom stereocenters. The summed E-state index contributed by atoms with van der Waals surface area (Å²) in [6.07, 6.45) is 1.22. The van der Waals surface area contributed by atoms with Gasteiger partial charge in [0.05, 0.1) is 6.54 Å². The average Bonchev–Trinajstić information content (AvgIpc) is 2.87. The number of nitrogens with zero attached hydrogens (tertiary/aromatic N) is 2. The Morgan fingerprint density at radius 3 is 2.52 bits per heavy atom. The Labute approximate surface area is 165 Å². The Kier molecular flexibility index (Phi) is 7.47. The number of halogens is 1. The molecule has 148 valence electrons. The lowest BCUT2D eigenvalue weighted by atomic mass is 9.99. The lowest BCUT2D eigenvalue weighted by molar-refractivity contribution is -0.130. The van der Waals surface area contributed by atoms with Crippen molar-refractivity contribution < 1.29 is 9.59 Å². The highest BCUT2D eigenvalue weighted by Crippen LogP contribution is 2.20. The van der Waals surface area contributed by atoms with Gasteiger partial charge in [0, 0.05) is 24.7 Å². The van der Waals surface area contributed by atoms with Gasteiger partial charge in [-0.1, -0.05) is 30.7 Å². The van der Waals surface area contributed by atoms with Crippen LogP contribution in [0.4, 0.5) is 4.79 Å². The number of nitrogens with one attached hydrogen (secondary N) is 3. The third kappa shape index (κ3) is 5.60. The molecular weight excluding hydrogens is 366 g/mol. The Morgan fingerprint density at radius 2 is 1.93 bits per heavy atom. The van der Waals surface area contributed by atoms with Crippen molar-refractivity contribution in [2.45, 2.75) is 45.7 Å². The van der Waals surface area contributed by atoms with Gasteiger partial charge >= 0.3 is 6.03 Å². The lowest BCUT2D eigenvalue weighted by Gasteiger charge is -2.19. The van der Waals surface area contributed by atoms with Crippen LogP contribution in [-0.2, 0) is 11.3 Å². The molecule has 0 radical (unpaired) electrons. The summed E-state index contributed by atoms with van der Waals surface area (Å²) in [6, 6.07) is 7.26. The van der Waals surface area contributed by atoms with E-state index in [4.69, 9.17) is 11.6 Å². The molecule has 8 heteroatoms. The van der Waals surface area contributed by atoms with Gasteiger partial charge in [-0.25, -0.2) is 9.79 Å². The van der Waals surface area contributed by atoms with E-state index in [1.165, 1.54) is 4.90 Å². The van der Waals surface area contributed by atoms with Crippen LogP contribution in [0.15, 0.2) is 29.3 Å². The quantitative estimate of drug-likeness (QED) is 0.274. The molecule has 1 heterocycles. The molecule has 1 saturated heterocycles. The molecular formula is C19H28ClN5O2. The minimum absolute atomic E-state index is 0.154. The number of carbonyl (C=O) groups excluding carboxylic acids is 2. The molecule has 1 fully saturated rings. The first-order valence-corrected chi connectivity index (χ1v) is 9.68. The van der Waals surface area contributed by atoms with Crippen LogP contribution in [0.1, 0.15) is 39.2 Å². The summed E-state index contributed by atoms with van der Waals surface area (Å²) in [7, 11) is 0. The number of hydrogen-bond donors (Lipinski definition) is 3. The zero-order valence-corrected chi connectivity index (χ0v) is 16.9. The summed E-state index contributed by atoms with van der Waals surface area (Å²) in [5.41, 5.74) is 0.286. The maximum absolute atomic E-state index is 12.4. The normalized spacial score (nSPS) is 20.0. The van der Waals surface area contributed by atoms with E-state index in [9.17, 15) is 9.59 Å². The lowest BCUT2D eigenvalue weighted by Crippen LogP contribution is -2.43. The summed E-state index contributed by atoms with van der Waals surface area (Å²) < 4.78 is 0. The molecule has 0 aliphatic carbocycles. The summed E-state index contributed by atoms with van der Waals surface area (Å²) >= 11 is 5.89. The molecule has 7 nitrogen and oxygen atoms in total. The van der Waals surface area contributed by atoms with Gasteiger partial charge in [-0.05, 0) is 44.4 Å². The number of hydrogen-bond acceptors (Lipinski definition) is 3. The van der Waals surface area contributed by atoms with E-state index in [1.807, 2.05) is 38.1 Å². The number of amides is 3. The first-order valence-electron chi connectivity index (χ1n) is 9.30. The van der Waals surface area contributed by atoms with E-state index >= 15 is 0 Å². The van der Waals surface area contributed by atoms with Crippen LogP contribution in [0.3, 0.4) is 0 Å². The Morgan fingerprint density at radius 1 is 1.22 bits per heavy atom. The molecule has 1 aliphatic heterocycles. The van der Waals surface area contributed by atoms with E-state index in [0.717, 1.165) is 12.1 Å². The summed E-state index contributed by atoms with van der Waals surface area (Å²) in [5.74, 6) is 0.543. The number of urea groups is 1. The molecule has 1 aliphatic rings. The van der Waals surface area contributed by atoms with Crippen LogP contribution in [0.5, 0.6) is 0 Å². The van der Waals surface area contributed by atoms with E-state index in [2.05, 4.69) is 20.9 Å². The summed E-state index contributed by atoms with van der Waals surface area (Å²) in [5, 5.41) is 9.88. The van der Waals surface area contributed by atoms with E-state index in [1.54, 1.807) is 6.92 Å². The van der Waals surface area contributed by atoms with E-state index in [-0.39, 0.29) is 11.9 Å². The maximum Gasteiger partial charge on any atom is 0.325 e. The van der Waals surface area contributed by atoms with Gasteiger partial charge < -0.3 is 16.0 Å². The second-order valence-corrected chi connectivity index (χ2v) is 7.11. The Bertz CT molecular complexity index is 692. The SMILES string of the molecule is CCNC(=NCc1ccc(Cl)cc1)NCCCN1C(=O)NC(C)(CC)C1=O. The van der Waals surface area contributed by atoms with Crippen molar-refractivity contribution in [3.05, 3.63) is 34.9 Å². The highest BCUT2D eigenvalue weighted by molar-refractivity contribution is 6.30. The van der Waals surface area contributed by atoms with Crippen molar-refractivity contribution in [1.82, 2.24) is 20.9 Å². The largest absolute Gasteiger partial charge is 0.357 e. The fourth-order valence-corrected chi connectivity index (χ4v) is 2.86. The zero-order chi connectivity index (χ0) is 19.9. The van der Waals surface area contributed by atoms with Gasteiger partial charge in [-0.3, -0.25) is 9.69 Å². The highest BCUT2D eigenvalue weighted by Gasteiger charge is 2.45. The molecule has 2 rings (SSSR count). The molecule has 3 N–H and O–H groups in total. The minimum Gasteiger partial charge on any atom is -0.357 e. The number of aliphatic imine (C=N–C) groups is 1. The van der Waals surface area contributed by atoms with Gasteiger partial charge in [-0.2, -0.15) is 0 Å². The Balaban J connectivity index is 1.82. The van der Waals surface area contributed by atoms with Gasteiger partial charge in [0.15, 0.2) is 5.96 Å². The topological polar surface area (TPSA) is 85.8 Å². The van der Waals surface area contributed by atoms with Crippen LogP contribution in [0, 0.1) is 0 Å². The highest BCUT2D eigenvalue weighted by atomic mass is 35.5. The van der Waals surface area contributed by atoms with Crippen molar-refractivity contribution in [3.8, 4) is 0 Å². The number of imide groups is 1. The predicted octanol–water partition coefficient (Wildman–Crippen LogP) is 2.51. The average molecular weight is 394 g/mol. The zero-order valence-electron chi connectivity index (χ0n) is 16.1. The third-order valence-electron chi connectivity index (χ3n) is 4.58. The van der Waals surface area contributed by atoms with Crippen LogP contribution in [0.2, 0.25) is 5.02 Å². The smallest absolute Gasteiger partial charge is 0.325 e. The number of guanidine groups is 1. The second-order valence-electron chi connectivity index (χ2n) is 6.67. The van der Waals surface area contributed by atoms with Gasteiger partial charge in [0.2, 0.25) is 0 Å². The van der Waals surface area contributed by atoms with Crippen molar-refractivity contribution in [2.75, 3.05) is 19.6 Å². The van der Waals surface area contributed by atoms with Crippen LogP contribution in [0.25, 0.3) is 0 Å². The fourth-order valence-electron chi connectivity index (χ4n) is 2.74. The first kappa shape index (κ1) is 21.0. The van der Waals surface area contributed by atoms with Gasteiger partial charge in [0.25, 0.3) is 5.91 Å². The second kappa shape index (κ2) is 9.60. The molecule has 0 saturated carbocycles. The molecule has 27 heavy (non-hydrogen) atoms. The van der Waals surface area contributed by atoms with Gasteiger partial charge in [0.1, 0.15) is 5.54 Å². The van der Waals surface area contributed by atoms with E-state index < -0.39 is 5.54 Å². The molecule has 1 aromatic rings. The van der Waals surface area contributed by atoms with Crippen molar-refractivity contribution in [1.29, 1.82) is 0 Å². The Hall–Kier alpha value is -2.28. The molecule has 0 bridgehead atoms. The molecule has 1 aromatic carbocycles. The van der Waals surface area contributed by atoms with Crippen LogP contribution >= 0.6 is 11.6 Å². The number of rotatable bonds is 8. The third-order valence-corrected chi connectivity index (χ3v) is 4.83. The van der Waals surface area contributed by atoms with Gasteiger partial charge in [-0.15, -0.1) is 0 Å². The van der Waals surface area contributed by atoms with Crippen molar-refractivity contribution >= 4 is 29.5 Å². The maximum atomic E-state index is 12.4. The van der Waals surface area contributed by atoms with Crippen LogP contribution < -0.4 is 16.0 Å². The number of carbonyl (C=O) groups is 2. The molecule has 0 aromatic heterocycles. The van der Waals surface area contributed by atoms with Crippen molar-refractivity contribution in [3.63, 3.8) is 0 Å². The first-order chi connectivity index (χ1) is 12.9. The van der Waals surface area contributed by atoms with E-state index in [0.29, 0.717) is 43.5 Å². The molecule has 1 unspecified atom stereocenters. The molecule has 3 amide bonds. The fraction of sp³-hybridized carbons (Fsp3) is 0.526. The predicted molar refractivity (Wildman–Crippen MR) is 108 cm³/mol. The minimum atomic E-state index is -0.778.